The fourth-order valence-electron chi connectivity index (χ4n) is 4.09. The molecule has 0 spiro atoms. The molecule has 202 valence electrons. The Bertz CT molecular complexity index is 1380. The summed E-state index contributed by atoms with van der Waals surface area (Å²) in [7, 11) is 1.87. The minimum atomic E-state index is -0.980. The van der Waals surface area contributed by atoms with Gasteiger partial charge in [-0.1, -0.05) is 54.6 Å². The molecule has 3 aromatic carbocycles. The molecule has 0 aliphatic rings. The van der Waals surface area contributed by atoms with Gasteiger partial charge in [-0.15, -0.1) is 0 Å². The zero-order valence-corrected chi connectivity index (χ0v) is 23.0. The van der Waals surface area contributed by atoms with Crippen molar-refractivity contribution < 1.29 is 19.4 Å². The van der Waals surface area contributed by atoms with Gasteiger partial charge in [0.25, 0.3) is 0 Å². The van der Waals surface area contributed by atoms with E-state index in [0.29, 0.717) is 31.6 Å². The average molecular weight is 545 g/mol. The number of rotatable bonds is 13. The summed E-state index contributed by atoms with van der Waals surface area (Å²) in [6.07, 6.45) is -0.285. The summed E-state index contributed by atoms with van der Waals surface area (Å²) >= 11 is 1.24. The number of carboxylic acids is 1. The van der Waals surface area contributed by atoms with Crippen LogP contribution in [0.2, 0.25) is 0 Å². The molecule has 1 atom stereocenters. The number of hydrogen-bond donors (Lipinski definition) is 3. The van der Waals surface area contributed by atoms with Gasteiger partial charge in [0.2, 0.25) is 11.8 Å². The molecule has 0 fully saturated rings. The van der Waals surface area contributed by atoms with E-state index in [1.807, 2.05) is 81.6 Å². The van der Waals surface area contributed by atoms with Crippen LogP contribution < -0.4 is 14.8 Å². The van der Waals surface area contributed by atoms with Crippen molar-refractivity contribution in [1.82, 2.24) is 15.3 Å². The molecule has 0 radical (unpaired) electrons. The van der Waals surface area contributed by atoms with Gasteiger partial charge in [0, 0.05) is 23.1 Å². The Morgan fingerprint density at radius 3 is 2.44 bits per heavy atom. The molecule has 4 rings (SSSR count). The maximum absolute atomic E-state index is 11.4. The molecule has 0 aliphatic heterocycles. The van der Waals surface area contributed by atoms with Crippen LogP contribution in [0.5, 0.6) is 5.88 Å². The second-order valence-electron chi connectivity index (χ2n) is 9.02. The van der Waals surface area contributed by atoms with Gasteiger partial charge in [-0.25, -0.2) is 9.78 Å². The normalized spacial score (nSPS) is 11.7. The first-order valence-electron chi connectivity index (χ1n) is 12.6. The number of aromatic nitrogens is 2. The molecule has 9 heteroatoms. The zero-order chi connectivity index (χ0) is 27.6. The molecule has 1 aromatic heterocycles. The predicted octanol–water partition coefficient (Wildman–Crippen LogP) is 5.76. The summed E-state index contributed by atoms with van der Waals surface area (Å²) in [5, 5.41) is 12.5. The Morgan fingerprint density at radius 1 is 0.974 bits per heavy atom. The van der Waals surface area contributed by atoms with Crippen LogP contribution in [0, 0.1) is 13.8 Å². The summed E-state index contributed by atoms with van der Waals surface area (Å²) in [5.41, 5.74) is 5.22. The second kappa shape index (κ2) is 13.7. The molecule has 39 heavy (non-hydrogen) atoms. The van der Waals surface area contributed by atoms with Crippen LogP contribution in [0.25, 0.3) is 11.3 Å². The topological polar surface area (TPSA) is 106 Å². The van der Waals surface area contributed by atoms with Crippen LogP contribution in [-0.2, 0) is 11.3 Å². The van der Waals surface area contributed by atoms with E-state index in [9.17, 15) is 9.90 Å². The number of nitrogens with zero attached hydrogens (tertiary/aromatic N) is 2. The number of aromatic carboxylic acids is 1. The molecular weight excluding hydrogens is 512 g/mol. The molecule has 4 aromatic rings. The van der Waals surface area contributed by atoms with Crippen molar-refractivity contribution in [2.75, 3.05) is 24.9 Å². The summed E-state index contributed by atoms with van der Waals surface area (Å²) in [4.78, 5) is 21.5. The van der Waals surface area contributed by atoms with E-state index in [1.54, 1.807) is 18.2 Å². The third-order valence-corrected chi connectivity index (χ3v) is 6.69. The zero-order valence-electron chi connectivity index (χ0n) is 22.2. The van der Waals surface area contributed by atoms with Crippen LogP contribution in [-0.4, -0.2) is 47.3 Å². The smallest absolute Gasteiger partial charge is 0.335 e. The van der Waals surface area contributed by atoms with Gasteiger partial charge in [-0.05, 0) is 67.7 Å². The first-order chi connectivity index (χ1) is 18.9. The summed E-state index contributed by atoms with van der Waals surface area (Å²) in [6, 6.07) is 24.6. The van der Waals surface area contributed by atoms with Gasteiger partial charge in [-0.2, -0.15) is 4.98 Å². The number of aryl methyl sites for hydroxylation is 2. The van der Waals surface area contributed by atoms with Gasteiger partial charge in [-0.3, -0.25) is 4.72 Å². The van der Waals surface area contributed by atoms with Crippen LogP contribution in [0.3, 0.4) is 0 Å². The highest BCUT2D eigenvalue weighted by Gasteiger charge is 2.16. The standard InChI is InChI=1S/C30H32N4O4S/c1-20-9-7-10-21(2)28(20)26-16-27(38-24(17-31-3)19-37-18-22-11-5-4-6-12-22)33-30(32-26)34-39-25-14-8-13-23(15-25)29(35)36/h4-16,24,31H,17-19H2,1-3H3,(H,35,36)(H,32,33,34). The first kappa shape index (κ1) is 28.1. The first-order valence-corrected chi connectivity index (χ1v) is 13.4. The monoisotopic (exact) mass is 544 g/mol. The number of anilines is 1. The Kier molecular flexibility index (Phi) is 9.91. The molecule has 0 amide bonds. The number of likely N-dealkylation sites (N-methyl/N-ethyl adjacent to an activating group) is 1. The van der Waals surface area contributed by atoms with E-state index >= 15 is 0 Å². The lowest BCUT2D eigenvalue weighted by molar-refractivity contribution is 0.0400. The van der Waals surface area contributed by atoms with E-state index in [-0.39, 0.29) is 11.7 Å². The lowest BCUT2D eigenvalue weighted by Crippen LogP contribution is -2.33. The Hall–Kier alpha value is -3.92. The summed E-state index contributed by atoms with van der Waals surface area (Å²) < 4.78 is 15.4. The largest absolute Gasteiger partial charge is 0.478 e. The number of carbonyl (C=O) groups is 1. The minimum absolute atomic E-state index is 0.210. The number of nitrogens with one attached hydrogen (secondary N) is 2. The van der Waals surface area contributed by atoms with Gasteiger partial charge >= 0.3 is 5.97 Å². The van der Waals surface area contributed by atoms with Crippen LogP contribution in [0.1, 0.15) is 27.0 Å². The van der Waals surface area contributed by atoms with Crippen molar-refractivity contribution in [1.29, 1.82) is 0 Å². The Labute approximate surface area is 233 Å². The highest BCUT2D eigenvalue weighted by molar-refractivity contribution is 8.00. The maximum Gasteiger partial charge on any atom is 0.335 e. The van der Waals surface area contributed by atoms with Gasteiger partial charge in [0.05, 0.1) is 24.5 Å². The van der Waals surface area contributed by atoms with Crippen molar-refractivity contribution in [3.63, 3.8) is 0 Å². The van der Waals surface area contributed by atoms with E-state index in [0.717, 1.165) is 32.8 Å². The highest BCUT2D eigenvalue weighted by Crippen LogP contribution is 2.30. The molecule has 8 nitrogen and oxygen atoms in total. The molecule has 0 bridgehead atoms. The third-order valence-electron chi connectivity index (χ3n) is 5.92. The number of hydrogen-bond acceptors (Lipinski definition) is 8. The van der Waals surface area contributed by atoms with Gasteiger partial charge < -0.3 is 19.9 Å². The Morgan fingerprint density at radius 2 is 1.72 bits per heavy atom. The lowest BCUT2D eigenvalue weighted by Gasteiger charge is -2.20. The van der Waals surface area contributed by atoms with E-state index in [4.69, 9.17) is 14.5 Å². The van der Waals surface area contributed by atoms with Crippen molar-refractivity contribution in [2.45, 2.75) is 31.5 Å². The van der Waals surface area contributed by atoms with E-state index in [2.05, 4.69) is 15.0 Å². The quantitative estimate of drug-likeness (QED) is 0.181. The highest BCUT2D eigenvalue weighted by atomic mass is 32.2. The lowest BCUT2D eigenvalue weighted by atomic mass is 10.00. The molecule has 1 unspecified atom stereocenters. The second-order valence-corrected chi connectivity index (χ2v) is 9.90. The SMILES string of the molecule is CNCC(COCc1ccccc1)Oc1cc(-c2c(C)cccc2C)nc(NSc2cccc(C(=O)O)c2)n1. The van der Waals surface area contributed by atoms with Crippen molar-refractivity contribution in [3.8, 4) is 17.1 Å². The van der Waals surface area contributed by atoms with Crippen molar-refractivity contribution in [3.05, 3.63) is 101 Å². The fraction of sp³-hybridized carbons (Fsp3) is 0.233. The van der Waals surface area contributed by atoms with Crippen LogP contribution >= 0.6 is 11.9 Å². The molecule has 0 aliphatic carbocycles. The van der Waals surface area contributed by atoms with Crippen molar-refractivity contribution >= 4 is 23.9 Å². The molecule has 3 N–H and O–H groups in total. The van der Waals surface area contributed by atoms with Crippen molar-refractivity contribution in [2.24, 2.45) is 0 Å². The average Bonchev–Trinajstić information content (AvgIpc) is 2.93. The maximum atomic E-state index is 11.4. The number of carboxylic acid groups (broad SMARTS) is 1. The number of benzene rings is 3. The van der Waals surface area contributed by atoms with Crippen LogP contribution in [0.15, 0.2) is 83.8 Å². The predicted molar refractivity (Wildman–Crippen MR) is 154 cm³/mol. The van der Waals surface area contributed by atoms with E-state index in [1.165, 1.54) is 11.9 Å². The summed E-state index contributed by atoms with van der Waals surface area (Å²) in [6.45, 7) is 5.52. The minimum Gasteiger partial charge on any atom is -0.478 e. The summed E-state index contributed by atoms with van der Waals surface area (Å²) in [5.74, 6) is -0.218. The third kappa shape index (κ3) is 8.03. The molecular formula is C30H32N4O4S. The van der Waals surface area contributed by atoms with Gasteiger partial charge in [0.1, 0.15) is 6.10 Å². The molecule has 1 heterocycles. The fourth-order valence-corrected chi connectivity index (χ4v) is 4.72. The van der Waals surface area contributed by atoms with Crippen LogP contribution in [0.4, 0.5) is 5.95 Å². The molecule has 0 saturated heterocycles. The Balaban J connectivity index is 1.57. The van der Waals surface area contributed by atoms with Gasteiger partial charge in [0.15, 0.2) is 0 Å². The van der Waals surface area contributed by atoms with E-state index < -0.39 is 5.97 Å². The molecule has 0 saturated carbocycles. The number of ether oxygens (including phenoxy) is 2.